The second kappa shape index (κ2) is 8.45. The Bertz CT molecular complexity index is 934. The number of benzene rings is 1. The van der Waals surface area contributed by atoms with E-state index in [4.69, 9.17) is 5.73 Å². The highest BCUT2D eigenvalue weighted by Crippen LogP contribution is 2.28. The van der Waals surface area contributed by atoms with Crippen LogP contribution in [0, 0.1) is 12.7 Å². The number of nitrogens with two attached hydrogens (primary N) is 1. The van der Waals surface area contributed by atoms with Crippen LogP contribution in [-0.4, -0.2) is 28.3 Å². The Kier molecular flexibility index (Phi) is 6.03. The van der Waals surface area contributed by atoms with E-state index in [1.807, 2.05) is 42.2 Å². The molecule has 0 saturated carbocycles. The van der Waals surface area contributed by atoms with Gasteiger partial charge in [-0.2, -0.15) is 5.10 Å². The molecule has 0 aliphatic rings. The van der Waals surface area contributed by atoms with Crippen LogP contribution in [0.3, 0.4) is 0 Å². The lowest BCUT2D eigenvalue weighted by atomic mass is 10.1. The fourth-order valence-electron chi connectivity index (χ4n) is 3.07. The van der Waals surface area contributed by atoms with Crippen molar-refractivity contribution in [2.45, 2.75) is 32.9 Å². The third kappa shape index (κ3) is 4.43. The summed E-state index contributed by atoms with van der Waals surface area (Å²) in [6.45, 7) is 5.09. The van der Waals surface area contributed by atoms with Gasteiger partial charge in [-0.25, -0.2) is 4.39 Å². The van der Waals surface area contributed by atoms with Gasteiger partial charge in [-0.1, -0.05) is 12.1 Å². The van der Waals surface area contributed by atoms with Crippen molar-refractivity contribution in [3.63, 3.8) is 0 Å². The first-order valence-electron chi connectivity index (χ1n) is 8.88. The number of nitrogens with one attached hydrogen (secondary N) is 1. The zero-order valence-electron chi connectivity index (χ0n) is 15.4. The minimum atomic E-state index is -0.291. The number of aromatic nitrogens is 2. The summed E-state index contributed by atoms with van der Waals surface area (Å²) >= 11 is 1.39. The van der Waals surface area contributed by atoms with Gasteiger partial charge in [0.25, 0.3) is 5.91 Å². The van der Waals surface area contributed by atoms with Crippen molar-refractivity contribution in [2.75, 3.05) is 6.54 Å². The summed E-state index contributed by atoms with van der Waals surface area (Å²) in [5, 5.41) is 9.28. The lowest BCUT2D eigenvalue weighted by molar-refractivity contribution is 0.0942. The van der Waals surface area contributed by atoms with Crippen molar-refractivity contribution < 1.29 is 9.18 Å². The van der Waals surface area contributed by atoms with E-state index in [1.54, 1.807) is 6.07 Å². The number of amides is 1. The largest absolute Gasteiger partial charge is 0.347 e. The Morgan fingerprint density at radius 1 is 1.41 bits per heavy atom. The molecule has 27 heavy (non-hydrogen) atoms. The Morgan fingerprint density at radius 2 is 2.22 bits per heavy atom. The molecule has 1 amide bonds. The molecule has 1 atom stereocenters. The second-order valence-electron chi connectivity index (χ2n) is 6.43. The molecule has 142 valence electrons. The van der Waals surface area contributed by atoms with Gasteiger partial charge in [0.1, 0.15) is 5.82 Å². The maximum absolute atomic E-state index is 13.4. The molecule has 0 unspecified atom stereocenters. The molecular weight excluding hydrogens is 363 g/mol. The topological polar surface area (TPSA) is 72.9 Å². The van der Waals surface area contributed by atoms with Crippen LogP contribution in [-0.2, 0) is 13.0 Å². The standard InChI is InChI=1S/C20H23FN4OS/c1-3-25-19(13(2)11-23-25)15-9-18(27-12-15)20(26)24-17(10-22)8-14-5-4-6-16(21)7-14/h4-7,9,11-12,17H,3,8,10,22H2,1-2H3,(H,24,26)/t17-/m0/s1. The molecule has 5 nitrogen and oxygen atoms in total. The minimum absolute atomic E-state index is 0.168. The molecule has 0 fully saturated rings. The lowest BCUT2D eigenvalue weighted by Gasteiger charge is -2.16. The number of thiophene rings is 1. The highest BCUT2D eigenvalue weighted by molar-refractivity contribution is 7.12. The normalized spacial score (nSPS) is 12.1. The predicted molar refractivity (Wildman–Crippen MR) is 106 cm³/mol. The summed E-state index contributed by atoms with van der Waals surface area (Å²) in [5.74, 6) is -0.460. The van der Waals surface area contributed by atoms with Gasteiger partial charge in [0.05, 0.1) is 16.8 Å². The molecule has 0 bridgehead atoms. The average molecular weight is 386 g/mol. The van der Waals surface area contributed by atoms with E-state index >= 15 is 0 Å². The van der Waals surface area contributed by atoms with Gasteiger partial charge in [-0.05, 0) is 49.6 Å². The van der Waals surface area contributed by atoms with E-state index in [2.05, 4.69) is 10.4 Å². The van der Waals surface area contributed by atoms with E-state index in [0.29, 0.717) is 11.3 Å². The van der Waals surface area contributed by atoms with Crippen molar-refractivity contribution in [3.8, 4) is 11.3 Å². The Labute approximate surface area is 162 Å². The van der Waals surface area contributed by atoms with Crippen LogP contribution in [0.2, 0.25) is 0 Å². The van der Waals surface area contributed by atoms with Crippen LogP contribution in [0.5, 0.6) is 0 Å². The molecule has 7 heteroatoms. The minimum Gasteiger partial charge on any atom is -0.347 e. The van der Waals surface area contributed by atoms with Gasteiger partial charge in [0.2, 0.25) is 0 Å². The van der Waals surface area contributed by atoms with Gasteiger partial charge in [0.15, 0.2) is 0 Å². The molecule has 3 N–H and O–H groups in total. The number of nitrogens with zero attached hydrogens (tertiary/aromatic N) is 2. The van der Waals surface area contributed by atoms with Crippen LogP contribution < -0.4 is 11.1 Å². The first-order valence-corrected chi connectivity index (χ1v) is 9.76. The maximum atomic E-state index is 13.4. The second-order valence-corrected chi connectivity index (χ2v) is 7.34. The Balaban J connectivity index is 1.72. The molecule has 2 aromatic heterocycles. The Morgan fingerprint density at radius 3 is 2.93 bits per heavy atom. The number of hydrogen-bond donors (Lipinski definition) is 2. The van der Waals surface area contributed by atoms with E-state index in [0.717, 1.165) is 28.9 Å². The number of hydrogen-bond acceptors (Lipinski definition) is 4. The molecule has 0 aliphatic heterocycles. The van der Waals surface area contributed by atoms with Crippen LogP contribution in [0.15, 0.2) is 41.9 Å². The number of rotatable bonds is 7. The molecule has 0 radical (unpaired) electrons. The van der Waals surface area contributed by atoms with E-state index in [-0.39, 0.29) is 24.3 Å². The average Bonchev–Trinajstić information content (AvgIpc) is 3.27. The monoisotopic (exact) mass is 386 g/mol. The highest BCUT2D eigenvalue weighted by Gasteiger charge is 2.17. The van der Waals surface area contributed by atoms with Crippen molar-refractivity contribution in [1.29, 1.82) is 0 Å². The Hall–Kier alpha value is -2.51. The van der Waals surface area contributed by atoms with Crippen molar-refractivity contribution in [3.05, 3.63) is 63.7 Å². The number of aryl methyl sites for hydroxylation is 2. The van der Waals surface area contributed by atoms with Crippen molar-refractivity contribution >= 4 is 17.2 Å². The van der Waals surface area contributed by atoms with Gasteiger partial charge < -0.3 is 11.1 Å². The first-order chi connectivity index (χ1) is 13.0. The van der Waals surface area contributed by atoms with Gasteiger partial charge in [-0.3, -0.25) is 9.48 Å². The molecule has 0 spiro atoms. The third-order valence-corrected chi connectivity index (χ3v) is 5.34. The molecule has 1 aromatic carbocycles. The molecule has 2 heterocycles. The quantitative estimate of drug-likeness (QED) is 0.654. The summed E-state index contributed by atoms with van der Waals surface area (Å²) in [5.41, 5.74) is 9.70. The maximum Gasteiger partial charge on any atom is 0.261 e. The summed E-state index contributed by atoms with van der Waals surface area (Å²) in [4.78, 5) is 13.3. The highest BCUT2D eigenvalue weighted by atomic mass is 32.1. The number of carbonyl (C=O) groups is 1. The zero-order chi connectivity index (χ0) is 19.4. The lowest BCUT2D eigenvalue weighted by Crippen LogP contribution is -2.41. The molecule has 3 rings (SSSR count). The van der Waals surface area contributed by atoms with Gasteiger partial charge in [-0.15, -0.1) is 11.3 Å². The fraction of sp³-hybridized carbons (Fsp3) is 0.300. The summed E-state index contributed by atoms with van der Waals surface area (Å²) in [6.07, 6.45) is 2.32. The van der Waals surface area contributed by atoms with E-state index in [1.165, 1.54) is 23.5 Å². The van der Waals surface area contributed by atoms with Gasteiger partial charge in [0, 0.05) is 30.1 Å². The van der Waals surface area contributed by atoms with Crippen LogP contribution >= 0.6 is 11.3 Å². The van der Waals surface area contributed by atoms with Crippen LogP contribution in [0.25, 0.3) is 11.3 Å². The van der Waals surface area contributed by atoms with Gasteiger partial charge >= 0.3 is 0 Å². The van der Waals surface area contributed by atoms with E-state index < -0.39 is 0 Å². The SMILES string of the molecule is CCn1ncc(C)c1-c1csc(C(=O)N[C@H](CN)Cc2cccc(F)c2)c1. The summed E-state index contributed by atoms with van der Waals surface area (Å²) in [6, 6.07) is 7.97. The van der Waals surface area contributed by atoms with Crippen molar-refractivity contribution in [1.82, 2.24) is 15.1 Å². The van der Waals surface area contributed by atoms with Crippen LogP contribution in [0.1, 0.15) is 27.7 Å². The summed E-state index contributed by atoms with van der Waals surface area (Å²) in [7, 11) is 0. The summed E-state index contributed by atoms with van der Waals surface area (Å²) < 4.78 is 15.3. The third-order valence-electron chi connectivity index (χ3n) is 4.41. The molecule has 0 aliphatic carbocycles. The molecule has 0 saturated heterocycles. The number of carbonyl (C=O) groups excluding carboxylic acids is 1. The fourth-order valence-corrected chi connectivity index (χ4v) is 3.87. The van der Waals surface area contributed by atoms with Crippen LogP contribution in [0.4, 0.5) is 4.39 Å². The van der Waals surface area contributed by atoms with E-state index in [9.17, 15) is 9.18 Å². The number of halogens is 1. The molecule has 3 aromatic rings. The molecular formula is C20H23FN4OS. The van der Waals surface area contributed by atoms with Crippen molar-refractivity contribution in [2.24, 2.45) is 5.73 Å². The zero-order valence-corrected chi connectivity index (χ0v) is 16.2. The predicted octanol–water partition coefficient (Wildman–Crippen LogP) is 3.38. The smallest absolute Gasteiger partial charge is 0.261 e. The first kappa shape index (κ1) is 19.3.